The van der Waals surface area contributed by atoms with Crippen LogP contribution >= 0.6 is 0 Å². The maximum absolute atomic E-state index is 14.1. The third-order valence-electron chi connectivity index (χ3n) is 6.56. The van der Waals surface area contributed by atoms with Crippen molar-refractivity contribution in [3.63, 3.8) is 0 Å². The Morgan fingerprint density at radius 3 is 2.15 bits per heavy atom. The van der Waals surface area contributed by atoms with E-state index in [2.05, 4.69) is 5.32 Å². The number of benzene rings is 3. The number of nitrogens with one attached hydrogen (secondary N) is 1. The number of nitrogens with zero attached hydrogens (tertiary/aromatic N) is 2. The Balaban J connectivity index is 2.08. The summed E-state index contributed by atoms with van der Waals surface area (Å²) in [5, 5.41) is 2.90. The Morgan fingerprint density at radius 2 is 1.60 bits per heavy atom. The van der Waals surface area contributed by atoms with E-state index in [0.717, 1.165) is 21.0 Å². The van der Waals surface area contributed by atoms with Crippen molar-refractivity contribution in [2.24, 2.45) is 0 Å². The van der Waals surface area contributed by atoms with Gasteiger partial charge in [-0.1, -0.05) is 55.0 Å². The van der Waals surface area contributed by atoms with E-state index in [9.17, 15) is 18.0 Å². The van der Waals surface area contributed by atoms with Gasteiger partial charge in [-0.2, -0.15) is 0 Å². The van der Waals surface area contributed by atoms with Gasteiger partial charge in [0.2, 0.25) is 11.8 Å². The van der Waals surface area contributed by atoms with Gasteiger partial charge < -0.3 is 15.0 Å². The summed E-state index contributed by atoms with van der Waals surface area (Å²) in [5.41, 5.74) is 2.89. The minimum atomic E-state index is -4.10. The number of rotatable bonds is 12. The van der Waals surface area contributed by atoms with Gasteiger partial charge in [-0.25, -0.2) is 8.42 Å². The summed E-state index contributed by atoms with van der Waals surface area (Å²) in [5.74, 6) is -0.106. The summed E-state index contributed by atoms with van der Waals surface area (Å²) in [7, 11) is -2.53. The van der Waals surface area contributed by atoms with E-state index in [4.69, 9.17) is 4.74 Å². The fourth-order valence-corrected chi connectivity index (χ4v) is 6.05. The van der Waals surface area contributed by atoms with Gasteiger partial charge in [0.15, 0.2) is 0 Å². The van der Waals surface area contributed by atoms with Crippen LogP contribution in [0.3, 0.4) is 0 Å². The molecular weight excluding hydrogens is 526 g/mol. The van der Waals surface area contributed by atoms with Crippen LogP contribution in [0.1, 0.15) is 43.9 Å². The average Bonchev–Trinajstić information content (AvgIpc) is 2.92. The third kappa shape index (κ3) is 7.41. The van der Waals surface area contributed by atoms with Crippen LogP contribution in [0, 0.1) is 13.8 Å². The molecule has 8 nitrogen and oxygen atoms in total. The molecule has 0 fully saturated rings. The normalized spacial score (nSPS) is 12.1. The summed E-state index contributed by atoms with van der Waals surface area (Å²) in [4.78, 5) is 28.9. The molecule has 0 bridgehead atoms. The number of anilines is 1. The van der Waals surface area contributed by atoms with E-state index in [1.807, 2.05) is 58.9 Å². The monoisotopic (exact) mass is 565 g/mol. The number of ether oxygens (including phenoxy) is 1. The van der Waals surface area contributed by atoms with Gasteiger partial charge in [-0.05, 0) is 75.6 Å². The molecule has 0 saturated carbocycles. The fourth-order valence-electron chi connectivity index (χ4n) is 4.55. The maximum Gasteiger partial charge on any atom is 0.264 e. The van der Waals surface area contributed by atoms with Crippen molar-refractivity contribution in [2.75, 3.05) is 18.0 Å². The smallest absolute Gasteiger partial charge is 0.264 e. The number of carbonyl (C=O) groups excluding carboxylic acids is 2. The van der Waals surface area contributed by atoms with Crippen LogP contribution in [-0.4, -0.2) is 50.9 Å². The molecule has 0 heterocycles. The van der Waals surface area contributed by atoms with Crippen molar-refractivity contribution >= 4 is 27.5 Å². The molecule has 3 aromatic carbocycles. The molecule has 0 spiro atoms. The summed E-state index contributed by atoms with van der Waals surface area (Å²) in [6, 6.07) is 19.8. The third-order valence-corrected chi connectivity index (χ3v) is 8.33. The number of aryl methyl sites for hydroxylation is 2. The van der Waals surface area contributed by atoms with E-state index < -0.39 is 28.5 Å². The molecule has 3 aromatic rings. The lowest BCUT2D eigenvalue weighted by molar-refractivity contribution is -0.140. The molecule has 9 heteroatoms. The molecule has 0 aromatic heterocycles. The summed E-state index contributed by atoms with van der Waals surface area (Å²) >= 11 is 0. The SMILES string of the molecule is CC[C@@H](C(=O)NC(C)C)N(Cc1ccc(OC)cc1)C(=O)CN(c1ccc(C)cc1C)S(=O)(=O)c1ccccc1. The lowest BCUT2D eigenvalue weighted by Crippen LogP contribution is -2.53. The highest BCUT2D eigenvalue weighted by molar-refractivity contribution is 7.92. The van der Waals surface area contributed by atoms with Crippen LogP contribution in [0.5, 0.6) is 5.75 Å². The first-order valence-electron chi connectivity index (χ1n) is 13.4. The Bertz CT molecular complexity index is 1410. The molecule has 0 aliphatic carbocycles. The van der Waals surface area contributed by atoms with Crippen LogP contribution in [-0.2, 0) is 26.2 Å². The largest absolute Gasteiger partial charge is 0.497 e. The zero-order chi connectivity index (χ0) is 29.4. The first-order chi connectivity index (χ1) is 19.0. The summed E-state index contributed by atoms with van der Waals surface area (Å²) in [6.45, 7) is 8.94. The summed E-state index contributed by atoms with van der Waals surface area (Å²) < 4.78 is 34.3. The van der Waals surface area contributed by atoms with E-state index in [-0.39, 0.29) is 23.4 Å². The number of amides is 2. The number of hydrogen-bond acceptors (Lipinski definition) is 5. The quantitative estimate of drug-likeness (QED) is 0.339. The van der Waals surface area contributed by atoms with E-state index in [0.29, 0.717) is 17.9 Å². The van der Waals surface area contributed by atoms with Gasteiger partial charge in [0.25, 0.3) is 10.0 Å². The predicted molar refractivity (Wildman–Crippen MR) is 158 cm³/mol. The molecule has 0 saturated heterocycles. The van der Waals surface area contributed by atoms with Crippen LogP contribution in [0.25, 0.3) is 0 Å². The van der Waals surface area contributed by atoms with Crippen molar-refractivity contribution in [1.29, 1.82) is 0 Å². The van der Waals surface area contributed by atoms with Crippen molar-refractivity contribution < 1.29 is 22.7 Å². The van der Waals surface area contributed by atoms with Crippen molar-refractivity contribution in [3.8, 4) is 5.75 Å². The molecule has 3 rings (SSSR count). The minimum absolute atomic E-state index is 0.0778. The lowest BCUT2D eigenvalue weighted by atomic mass is 10.1. The lowest BCUT2D eigenvalue weighted by Gasteiger charge is -2.34. The molecule has 1 N–H and O–H groups in total. The second kappa shape index (κ2) is 13.5. The molecule has 1 atom stereocenters. The second-order valence-electron chi connectivity index (χ2n) is 10.1. The zero-order valence-electron chi connectivity index (χ0n) is 24.0. The number of sulfonamides is 1. The first-order valence-corrected chi connectivity index (χ1v) is 14.8. The van der Waals surface area contributed by atoms with Gasteiger partial charge in [0.1, 0.15) is 18.3 Å². The van der Waals surface area contributed by atoms with Crippen LogP contribution in [0.2, 0.25) is 0 Å². The molecule has 0 aliphatic rings. The van der Waals surface area contributed by atoms with Crippen molar-refractivity contribution in [3.05, 3.63) is 89.5 Å². The molecule has 40 heavy (non-hydrogen) atoms. The van der Waals surface area contributed by atoms with Crippen LogP contribution < -0.4 is 14.4 Å². The molecule has 214 valence electrons. The number of carbonyl (C=O) groups is 2. The number of methoxy groups -OCH3 is 1. The zero-order valence-corrected chi connectivity index (χ0v) is 24.9. The molecular formula is C31H39N3O5S. The highest BCUT2D eigenvalue weighted by atomic mass is 32.2. The molecule has 2 amide bonds. The highest BCUT2D eigenvalue weighted by Crippen LogP contribution is 2.28. The fraction of sp³-hybridized carbons (Fsp3) is 0.355. The van der Waals surface area contributed by atoms with Crippen LogP contribution in [0.4, 0.5) is 5.69 Å². The van der Waals surface area contributed by atoms with Gasteiger partial charge in [0, 0.05) is 12.6 Å². The highest BCUT2D eigenvalue weighted by Gasteiger charge is 2.34. The minimum Gasteiger partial charge on any atom is -0.497 e. The van der Waals surface area contributed by atoms with Gasteiger partial charge in [-0.15, -0.1) is 0 Å². The van der Waals surface area contributed by atoms with E-state index in [1.54, 1.807) is 43.5 Å². The topological polar surface area (TPSA) is 96.0 Å². The van der Waals surface area contributed by atoms with E-state index in [1.165, 1.54) is 17.0 Å². The Morgan fingerprint density at radius 1 is 0.950 bits per heavy atom. The summed E-state index contributed by atoms with van der Waals surface area (Å²) in [6.07, 6.45) is 0.357. The molecule has 0 aliphatic heterocycles. The van der Waals surface area contributed by atoms with Crippen molar-refractivity contribution in [1.82, 2.24) is 10.2 Å². The Kier molecular flexibility index (Phi) is 10.3. The van der Waals surface area contributed by atoms with E-state index >= 15 is 0 Å². The molecule has 0 unspecified atom stereocenters. The predicted octanol–water partition coefficient (Wildman–Crippen LogP) is 4.84. The second-order valence-corrected chi connectivity index (χ2v) is 11.9. The number of hydrogen-bond donors (Lipinski definition) is 1. The van der Waals surface area contributed by atoms with Gasteiger partial charge in [-0.3, -0.25) is 13.9 Å². The van der Waals surface area contributed by atoms with Crippen molar-refractivity contribution in [2.45, 2.75) is 64.6 Å². The van der Waals surface area contributed by atoms with Crippen LogP contribution in [0.15, 0.2) is 77.7 Å². The standard InChI is InChI=1S/C31H39N3O5S/c1-7-28(31(36)32-22(2)3)33(20-25-14-16-26(39-6)17-15-25)30(35)21-34(29-18-13-23(4)19-24(29)5)40(37,38)27-11-9-8-10-12-27/h8-19,22,28H,7,20-21H2,1-6H3,(H,32,36)/t28-/m0/s1. The Hall–Kier alpha value is -3.85. The Labute approximate surface area is 238 Å². The van der Waals surface area contributed by atoms with Gasteiger partial charge >= 0.3 is 0 Å². The first kappa shape index (κ1) is 30.7. The average molecular weight is 566 g/mol. The maximum atomic E-state index is 14.1. The molecule has 0 radical (unpaired) electrons. The van der Waals surface area contributed by atoms with Gasteiger partial charge in [0.05, 0.1) is 17.7 Å².